The molecule has 2 aromatic rings. The molecule has 0 saturated heterocycles. The summed E-state index contributed by atoms with van der Waals surface area (Å²) in [5.41, 5.74) is 0.546. The lowest BCUT2D eigenvalue weighted by molar-refractivity contribution is -0.138. The molecule has 1 atom stereocenters. The van der Waals surface area contributed by atoms with E-state index in [0.717, 1.165) is 0 Å². The Labute approximate surface area is 146 Å². The number of hydrogen-bond acceptors (Lipinski definition) is 3. The maximum Gasteiger partial charge on any atom is 0.305 e. The molecular weight excluding hydrogens is 320 g/mol. The quantitative estimate of drug-likeness (QED) is 0.674. The average Bonchev–Trinajstić information content (AvgIpc) is 3.07. The Morgan fingerprint density at radius 2 is 1.68 bits per heavy atom. The van der Waals surface area contributed by atoms with Crippen LogP contribution in [0.1, 0.15) is 53.5 Å². The van der Waals surface area contributed by atoms with Crippen LogP contribution in [0.15, 0.2) is 42.7 Å². The Balaban J connectivity index is 2.14. The van der Waals surface area contributed by atoms with Gasteiger partial charge in [0.05, 0.1) is 12.0 Å². The van der Waals surface area contributed by atoms with Gasteiger partial charge in [0.15, 0.2) is 5.78 Å². The van der Waals surface area contributed by atoms with Crippen LogP contribution in [0.25, 0.3) is 0 Å². The second-order valence-electron chi connectivity index (χ2n) is 6.60. The molecule has 1 amide bonds. The van der Waals surface area contributed by atoms with Crippen molar-refractivity contribution in [1.29, 1.82) is 0 Å². The second kappa shape index (κ2) is 7.34. The summed E-state index contributed by atoms with van der Waals surface area (Å²) in [6.45, 7) is 5.44. The molecular formula is C19H22N2O4. The highest BCUT2D eigenvalue weighted by atomic mass is 16.4. The summed E-state index contributed by atoms with van der Waals surface area (Å²) in [5, 5.41) is 11.9. The molecule has 0 aliphatic heterocycles. The zero-order valence-electron chi connectivity index (χ0n) is 14.5. The minimum atomic E-state index is -0.969. The first kappa shape index (κ1) is 18.4. The number of amides is 1. The summed E-state index contributed by atoms with van der Waals surface area (Å²) in [6.07, 6.45) is 3.12. The van der Waals surface area contributed by atoms with Crippen molar-refractivity contribution < 1.29 is 19.5 Å². The second-order valence-corrected chi connectivity index (χ2v) is 6.60. The number of nitrogens with one attached hydrogen (secondary N) is 2. The molecule has 0 aliphatic carbocycles. The maximum atomic E-state index is 12.5. The fourth-order valence-electron chi connectivity index (χ4n) is 2.44. The van der Waals surface area contributed by atoms with Crippen LogP contribution in [0.4, 0.5) is 0 Å². The first-order chi connectivity index (χ1) is 11.7. The Hall–Kier alpha value is -2.89. The number of carboxylic acids is 1. The molecule has 0 radical (unpaired) electrons. The van der Waals surface area contributed by atoms with Crippen molar-refractivity contribution in [3.63, 3.8) is 0 Å². The number of carboxylic acid groups (broad SMARTS) is 1. The Bertz CT molecular complexity index is 763. The number of ketones is 1. The van der Waals surface area contributed by atoms with Crippen molar-refractivity contribution in [2.45, 2.75) is 32.7 Å². The molecule has 0 fully saturated rings. The van der Waals surface area contributed by atoms with Gasteiger partial charge in [-0.2, -0.15) is 0 Å². The number of aromatic nitrogens is 1. The van der Waals surface area contributed by atoms with E-state index < -0.39 is 11.5 Å². The molecule has 25 heavy (non-hydrogen) atoms. The number of benzene rings is 1. The van der Waals surface area contributed by atoms with Gasteiger partial charge in [-0.05, 0) is 31.0 Å². The molecule has 3 N–H and O–H groups in total. The number of hydrogen-bond donors (Lipinski definition) is 3. The van der Waals surface area contributed by atoms with Crippen molar-refractivity contribution in [2.75, 3.05) is 0 Å². The zero-order chi connectivity index (χ0) is 18.6. The number of rotatable bonds is 7. The van der Waals surface area contributed by atoms with E-state index in [1.54, 1.807) is 49.6 Å². The first-order valence-electron chi connectivity index (χ1n) is 8.05. The molecule has 0 spiro atoms. The van der Waals surface area contributed by atoms with Crippen molar-refractivity contribution in [3.05, 3.63) is 59.4 Å². The third-order valence-corrected chi connectivity index (χ3v) is 4.46. The van der Waals surface area contributed by atoms with Gasteiger partial charge in [0, 0.05) is 29.1 Å². The standard InChI is InChI=1S/C19H22N2O4/c1-12(2)19(3,10-16(22)23)21-18(25)14-6-4-13(5-7-14)17(24)15-8-9-20-11-15/h4-9,11-12,20H,10H2,1-3H3,(H,21,25)(H,22,23). The number of carbonyl (C=O) groups excluding carboxylic acids is 2. The summed E-state index contributed by atoms with van der Waals surface area (Å²) < 4.78 is 0. The van der Waals surface area contributed by atoms with Crippen LogP contribution in [0.5, 0.6) is 0 Å². The minimum absolute atomic E-state index is 0.0537. The third kappa shape index (κ3) is 4.35. The highest BCUT2D eigenvalue weighted by Gasteiger charge is 2.33. The monoisotopic (exact) mass is 342 g/mol. The van der Waals surface area contributed by atoms with Gasteiger partial charge < -0.3 is 15.4 Å². The Kier molecular flexibility index (Phi) is 5.41. The van der Waals surface area contributed by atoms with E-state index in [0.29, 0.717) is 16.7 Å². The zero-order valence-corrected chi connectivity index (χ0v) is 14.5. The third-order valence-electron chi connectivity index (χ3n) is 4.46. The number of carbonyl (C=O) groups is 3. The van der Waals surface area contributed by atoms with E-state index in [1.165, 1.54) is 0 Å². The average molecular weight is 342 g/mol. The topological polar surface area (TPSA) is 99.3 Å². The summed E-state index contributed by atoms with van der Waals surface area (Å²) >= 11 is 0. The van der Waals surface area contributed by atoms with Crippen molar-refractivity contribution in [3.8, 4) is 0 Å². The minimum Gasteiger partial charge on any atom is -0.481 e. The largest absolute Gasteiger partial charge is 0.481 e. The molecule has 132 valence electrons. The molecule has 0 saturated carbocycles. The molecule has 0 bridgehead atoms. The highest BCUT2D eigenvalue weighted by Crippen LogP contribution is 2.22. The predicted octanol–water partition coefficient (Wildman–Crippen LogP) is 2.86. The summed E-state index contributed by atoms with van der Waals surface area (Å²) in [7, 11) is 0. The van der Waals surface area contributed by atoms with Crippen LogP contribution in [0, 0.1) is 5.92 Å². The lowest BCUT2D eigenvalue weighted by atomic mass is 9.85. The van der Waals surface area contributed by atoms with Gasteiger partial charge in [0.1, 0.15) is 0 Å². The van der Waals surface area contributed by atoms with E-state index >= 15 is 0 Å². The van der Waals surface area contributed by atoms with Gasteiger partial charge in [-0.15, -0.1) is 0 Å². The van der Waals surface area contributed by atoms with Gasteiger partial charge in [0.2, 0.25) is 0 Å². The van der Waals surface area contributed by atoms with E-state index in [9.17, 15) is 14.4 Å². The fourth-order valence-corrected chi connectivity index (χ4v) is 2.44. The van der Waals surface area contributed by atoms with Crippen LogP contribution in [-0.4, -0.2) is 33.3 Å². The molecule has 1 aromatic heterocycles. The Morgan fingerprint density at radius 1 is 1.08 bits per heavy atom. The highest BCUT2D eigenvalue weighted by molar-refractivity contribution is 6.09. The molecule has 0 aliphatic rings. The van der Waals surface area contributed by atoms with Gasteiger partial charge in [-0.1, -0.05) is 26.0 Å². The molecule has 6 nitrogen and oxygen atoms in total. The van der Waals surface area contributed by atoms with Crippen molar-refractivity contribution >= 4 is 17.7 Å². The maximum absolute atomic E-state index is 12.5. The molecule has 1 aromatic carbocycles. The van der Waals surface area contributed by atoms with Crippen molar-refractivity contribution in [2.24, 2.45) is 5.92 Å². The van der Waals surface area contributed by atoms with Crippen LogP contribution in [0.2, 0.25) is 0 Å². The molecule has 1 heterocycles. The predicted molar refractivity (Wildman–Crippen MR) is 93.6 cm³/mol. The number of H-pyrrole nitrogens is 1. The van der Waals surface area contributed by atoms with Gasteiger partial charge in [0.25, 0.3) is 5.91 Å². The summed E-state index contributed by atoms with van der Waals surface area (Å²) in [4.78, 5) is 38.6. The lowest BCUT2D eigenvalue weighted by Gasteiger charge is -2.33. The van der Waals surface area contributed by atoms with Crippen LogP contribution in [0.3, 0.4) is 0 Å². The van der Waals surface area contributed by atoms with E-state index in [4.69, 9.17) is 5.11 Å². The van der Waals surface area contributed by atoms with E-state index in [1.807, 2.05) is 13.8 Å². The molecule has 2 rings (SSSR count). The number of aliphatic carboxylic acids is 1. The van der Waals surface area contributed by atoms with Crippen LogP contribution in [-0.2, 0) is 4.79 Å². The first-order valence-corrected chi connectivity index (χ1v) is 8.05. The lowest BCUT2D eigenvalue weighted by Crippen LogP contribution is -2.51. The molecule has 1 unspecified atom stereocenters. The Morgan fingerprint density at radius 3 is 2.16 bits per heavy atom. The normalized spacial score (nSPS) is 13.3. The van der Waals surface area contributed by atoms with Gasteiger partial charge >= 0.3 is 5.97 Å². The van der Waals surface area contributed by atoms with Gasteiger partial charge in [-0.3, -0.25) is 14.4 Å². The van der Waals surface area contributed by atoms with Gasteiger partial charge in [-0.25, -0.2) is 0 Å². The smallest absolute Gasteiger partial charge is 0.305 e. The SMILES string of the molecule is CC(C)C(C)(CC(=O)O)NC(=O)c1ccc(C(=O)c2cc[nH]c2)cc1. The summed E-state index contributed by atoms with van der Waals surface area (Å²) in [5.74, 6) is -1.52. The van der Waals surface area contributed by atoms with E-state index in [-0.39, 0.29) is 24.0 Å². The summed E-state index contributed by atoms with van der Waals surface area (Å²) in [6, 6.07) is 8.00. The van der Waals surface area contributed by atoms with Crippen LogP contribution >= 0.6 is 0 Å². The van der Waals surface area contributed by atoms with Crippen LogP contribution < -0.4 is 5.32 Å². The number of aromatic amines is 1. The van der Waals surface area contributed by atoms with E-state index in [2.05, 4.69) is 10.3 Å². The van der Waals surface area contributed by atoms with Crippen molar-refractivity contribution in [1.82, 2.24) is 10.3 Å². The fraction of sp³-hybridized carbons (Fsp3) is 0.316. The molecule has 6 heteroatoms.